The number of nitrogens with zero attached hydrogens (tertiary/aromatic N) is 2. The normalized spacial score (nSPS) is 10.8. The number of fused-ring (bicyclic) bond motifs is 1. The third kappa shape index (κ3) is 3.25. The first-order valence-corrected chi connectivity index (χ1v) is 7.39. The molecule has 23 heavy (non-hydrogen) atoms. The Bertz CT molecular complexity index is 931. The van der Waals surface area contributed by atoms with Gasteiger partial charge in [0.2, 0.25) is 0 Å². The van der Waals surface area contributed by atoms with Crippen molar-refractivity contribution >= 4 is 45.8 Å². The summed E-state index contributed by atoms with van der Waals surface area (Å²) >= 11 is 11.8. The molecule has 2 aromatic heterocycles. The van der Waals surface area contributed by atoms with Crippen molar-refractivity contribution in [1.29, 1.82) is 0 Å². The molecule has 1 amide bonds. The van der Waals surface area contributed by atoms with Gasteiger partial charge in [0.25, 0.3) is 5.91 Å². The lowest BCUT2D eigenvalue weighted by atomic mass is 10.1. The molecule has 2 heterocycles. The molecule has 0 aliphatic heterocycles. The van der Waals surface area contributed by atoms with Crippen molar-refractivity contribution in [3.63, 3.8) is 0 Å². The molecule has 4 nitrogen and oxygen atoms in total. The van der Waals surface area contributed by atoms with Gasteiger partial charge < -0.3 is 5.32 Å². The number of aromatic nitrogens is 2. The Morgan fingerprint density at radius 1 is 1.22 bits per heavy atom. The summed E-state index contributed by atoms with van der Waals surface area (Å²) in [6.07, 6.45) is 1.37. The minimum atomic E-state index is -0.456. The Hall–Kier alpha value is -2.24. The highest BCUT2D eigenvalue weighted by Crippen LogP contribution is 2.25. The van der Waals surface area contributed by atoms with Gasteiger partial charge in [-0.05, 0) is 37.3 Å². The van der Waals surface area contributed by atoms with Crippen molar-refractivity contribution in [1.82, 2.24) is 9.97 Å². The molecule has 0 saturated carbocycles. The molecule has 3 rings (SSSR count). The number of rotatable bonds is 2. The smallest absolute Gasteiger partial charge is 0.257 e. The number of carbonyl (C=O) groups is 1. The third-order valence-electron chi connectivity index (χ3n) is 3.18. The maximum Gasteiger partial charge on any atom is 0.257 e. The van der Waals surface area contributed by atoms with Crippen molar-refractivity contribution < 1.29 is 9.18 Å². The number of amides is 1. The summed E-state index contributed by atoms with van der Waals surface area (Å²) in [5, 5.41) is 3.59. The molecule has 0 atom stereocenters. The van der Waals surface area contributed by atoms with Gasteiger partial charge in [0, 0.05) is 17.3 Å². The van der Waals surface area contributed by atoms with E-state index in [1.54, 1.807) is 13.0 Å². The van der Waals surface area contributed by atoms with Crippen molar-refractivity contribution in [3.8, 4) is 0 Å². The number of anilines is 1. The van der Waals surface area contributed by atoms with Crippen LogP contribution < -0.4 is 5.32 Å². The molecule has 0 radical (unpaired) electrons. The zero-order valence-corrected chi connectivity index (χ0v) is 13.4. The topological polar surface area (TPSA) is 54.9 Å². The molecule has 0 aliphatic rings. The van der Waals surface area contributed by atoms with Crippen LogP contribution in [-0.2, 0) is 0 Å². The molecule has 0 aliphatic carbocycles. The van der Waals surface area contributed by atoms with Crippen LogP contribution in [0.4, 0.5) is 10.2 Å². The van der Waals surface area contributed by atoms with Gasteiger partial charge in [-0.15, -0.1) is 0 Å². The first-order chi connectivity index (χ1) is 10.9. The first kappa shape index (κ1) is 15.6. The molecule has 3 aromatic rings. The fourth-order valence-corrected chi connectivity index (χ4v) is 2.63. The predicted molar refractivity (Wildman–Crippen MR) is 88.6 cm³/mol. The summed E-state index contributed by atoms with van der Waals surface area (Å²) in [7, 11) is 0. The Kier molecular flexibility index (Phi) is 4.15. The fourth-order valence-electron chi connectivity index (χ4n) is 2.20. The van der Waals surface area contributed by atoms with E-state index in [1.165, 1.54) is 30.5 Å². The van der Waals surface area contributed by atoms with Crippen LogP contribution in [0, 0.1) is 12.7 Å². The quantitative estimate of drug-likeness (QED) is 0.733. The molecule has 116 valence electrons. The summed E-state index contributed by atoms with van der Waals surface area (Å²) in [6, 6.07) is 7.16. The van der Waals surface area contributed by atoms with Gasteiger partial charge in [-0.25, -0.2) is 9.37 Å². The van der Waals surface area contributed by atoms with Crippen LogP contribution in [0.15, 0.2) is 36.5 Å². The van der Waals surface area contributed by atoms with E-state index < -0.39 is 11.7 Å². The second-order valence-electron chi connectivity index (χ2n) is 4.91. The minimum absolute atomic E-state index is 0.181. The average Bonchev–Trinajstić information content (AvgIpc) is 2.49. The third-order valence-corrected chi connectivity index (χ3v) is 3.68. The van der Waals surface area contributed by atoms with E-state index in [-0.39, 0.29) is 10.8 Å². The van der Waals surface area contributed by atoms with Crippen LogP contribution in [-0.4, -0.2) is 15.9 Å². The molecule has 0 bridgehead atoms. The Balaban J connectivity index is 2.05. The second-order valence-corrected chi connectivity index (χ2v) is 5.75. The number of pyridine rings is 2. The number of hydrogen-bond donors (Lipinski definition) is 1. The molecule has 1 N–H and O–H groups in total. The summed E-state index contributed by atoms with van der Waals surface area (Å²) < 4.78 is 13.5. The van der Waals surface area contributed by atoms with Crippen molar-refractivity contribution in [2.24, 2.45) is 0 Å². The molecular weight excluding hydrogens is 340 g/mol. The van der Waals surface area contributed by atoms with Crippen molar-refractivity contribution in [3.05, 3.63) is 63.6 Å². The van der Waals surface area contributed by atoms with Crippen LogP contribution in [0.5, 0.6) is 0 Å². The fraction of sp³-hybridized carbons (Fsp3) is 0.0625. The first-order valence-electron chi connectivity index (χ1n) is 6.63. The average molecular weight is 350 g/mol. The maximum atomic E-state index is 13.5. The molecule has 1 aromatic carbocycles. The molecule has 0 fully saturated rings. The van der Waals surface area contributed by atoms with Crippen LogP contribution >= 0.6 is 23.2 Å². The molecule has 7 heteroatoms. The van der Waals surface area contributed by atoms with Gasteiger partial charge >= 0.3 is 0 Å². The van der Waals surface area contributed by atoms with E-state index in [4.69, 9.17) is 23.2 Å². The van der Waals surface area contributed by atoms with E-state index in [2.05, 4.69) is 15.3 Å². The lowest BCUT2D eigenvalue weighted by Gasteiger charge is -2.10. The van der Waals surface area contributed by atoms with Crippen LogP contribution in [0.3, 0.4) is 0 Å². The van der Waals surface area contributed by atoms with E-state index in [0.29, 0.717) is 27.2 Å². The molecular formula is C16H10Cl2FN3O. The highest BCUT2D eigenvalue weighted by Gasteiger charge is 2.15. The zero-order valence-electron chi connectivity index (χ0n) is 11.9. The monoisotopic (exact) mass is 349 g/mol. The van der Waals surface area contributed by atoms with Crippen LogP contribution in [0.1, 0.15) is 16.1 Å². The molecule has 0 spiro atoms. The van der Waals surface area contributed by atoms with Crippen molar-refractivity contribution in [2.45, 2.75) is 6.92 Å². The Labute approximate surface area is 141 Å². The highest BCUT2D eigenvalue weighted by atomic mass is 35.5. The van der Waals surface area contributed by atoms with Gasteiger partial charge in [0.1, 0.15) is 5.82 Å². The summed E-state index contributed by atoms with van der Waals surface area (Å²) in [5.74, 6) is -0.720. The molecule has 0 saturated heterocycles. The standard InChI is InChI=1S/C16H10Cl2FN3O/c1-8-4-12(11-6-10(19)2-3-14(11)21-8)16(23)22-15-13(18)5-9(17)7-20-15/h2-7H,1H3,(H,20,22,23). The van der Waals surface area contributed by atoms with E-state index in [1.807, 2.05) is 0 Å². The minimum Gasteiger partial charge on any atom is -0.305 e. The number of hydrogen-bond acceptors (Lipinski definition) is 3. The zero-order chi connectivity index (χ0) is 16.6. The number of halogens is 3. The summed E-state index contributed by atoms with van der Waals surface area (Å²) in [6.45, 7) is 1.76. The number of nitrogens with one attached hydrogen (secondary N) is 1. The maximum absolute atomic E-state index is 13.5. The predicted octanol–water partition coefficient (Wildman–Crippen LogP) is 4.64. The van der Waals surface area contributed by atoms with Gasteiger partial charge in [-0.1, -0.05) is 23.2 Å². The van der Waals surface area contributed by atoms with Gasteiger partial charge in [0.15, 0.2) is 5.82 Å². The molecule has 0 unspecified atom stereocenters. The highest BCUT2D eigenvalue weighted by molar-refractivity contribution is 6.36. The van der Waals surface area contributed by atoms with Crippen LogP contribution in [0.25, 0.3) is 10.9 Å². The second kappa shape index (κ2) is 6.10. The summed E-state index contributed by atoms with van der Waals surface area (Å²) in [4.78, 5) is 20.8. The lowest BCUT2D eigenvalue weighted by molar-refractivity contribution is 0.102. The lowest BCUT2D eigenvalue weighted by Crippen LogP contribution is -2.14. The Morgan fingerprint density at radius 3 is 2.74 bits per heavy atom. The van der Waals surface area contributed by atoms with Gasteiger partial charge in [0.05, 0.1) is 21.1 Å². The van der Waals surface area contributed by atoms with Crippen molar-refractivity contribution in [2.75, 3.05) is 5.32 Å². The largest absolute Gasteiger partial charge is 0.305 e. The van der Waals surface area contributed by atoms with Gasteiger partial charge in [-0.2, -0.15) is 0 Å². The van der Waals surface area contributed by atoms with E-state index in [9.17, 15) is 9.18 Å². The number of carbonyl (C=O) groups excluding carboxylic acids is 1. The van der Waals surface area contributed by atoms with E-state index >= 15 is 0 Å². The SMILES string of the molecule is Cc1cc(C(=O)Nc2ncc(Cl)cc2Cl)c2cc(F)ccc2n1. The van der Waals surface area contributed by atoms with E-state index in [0.717, 1.165) is 0 Å². The summed E-state index contributed by atoms with van der Waals surface area (Å²) in [5.41, 5.74) is 1.47. The number of aryl methyl sites for hydroxylation is 1. The van der Waals surface area contributed by atoms with Crippen LogP contribution in [0.2, 0.25) is 10.0 Å². The Morgan fingerprint density at radius 2 is 2.00 bits per heavy atom. The van der Waals surface area contributed by atoms with Gasteiger partial charge in [-0.3, -0.25) is 9.78 Å². The number of benzene rings is 1.